The van der Waals surface area contributed by atoms with Crippen molar-refractivity contribution in [2.45, 2.75) is 0 Å². The van der Waals surface area contributed by atoms with Gasteiger partial charge in [-0.05, 0) is 18.2 Å². The Morgan fingerprint density at radius 3 is 3.06 bits per heavy atom. The van der Waals surface area contributed by atoms with Gasteiger partial charge in [0.2, 0.25) is 5.91 Å². The van der Waals surface area contributed by atoms with Crippen molar-refractivity contribution in [2.24, 2.45) is 10.2 Å². The van der Waals surface area contributed by atoms with Crippen LogP contribution in [0.15, 0.2) is 32.9 Å². The van der Waals surface area contributed by atoms with E-state index in [9.17, 15) is 4.79 Å². The molecule has 0 spiro atoms. The number of methoxy groups -OCH3 is 1. The van der Waals surface area contributed by atoms with Crippen LogP contribution < -0.4 is 10.1 Å². The van der Waals surface area contributed by atoms with E-state index in [4.69, 9.17) is 4.74 Å². The number of nitrogens with one attached hydrogen (secondary N) is 1. The fourth-order valence-electron chi connectivity index (χ4n) is 1.33. The Bertz CT molecular complexity index is 531. The molecule has 1 aromatic carbocycles. The van der Waals surface area contributed by atoms with Crippen molar-refractivity contribution in [1.82, 2.24) is 5.32 Å². The van der Waals surface area contributed by atoms with E-state index in [0.29, 0.717) is 16.7 Å². The lowest BCUT2D eigenvalue weighted by atomic mass is 10.2. The molecule has 1 fully saturated rings. The molecular weight excluding hydrogens is 318 g/mol. The standard InChI is InChI=1S/C11H10BrN3O2S/c1-17-9-3-2-8(12)4-7(9)5-13-15-11-14-10(16)6-18-11/h2-5H,6H2,1H3,(H,14,15,16). The molecule has 0 radical (unpaired) electrons. The second kappa shape index (κ2) is 6.01. The van der Waals surface area contributed by atoms with E-state index in [-0.39, 0.29) is 5.91 Å². The number of carbonyl (C=O) groups excluding carboxylic acids is 1. The lowest BCUT2D eigenvalue weighted by Crippen LogP contribution is -2.19. The Kier molecular flexibility index (Phi) is 4.38. The van der Waals surface area contributed by atoms with Crippen LogP contribution in [-0.2, 0) is 4.79 Å². The molecule has 18 heavy (non-hydrogen) atoms. The van der Waals surface area contributed by atoms with E-state index in [1.165, 1.54) is 11.8 Å². The molecule has 0 bridgehead atoms. The van der Waals surface area contributed by atoms with Crippen LogP contribution >= 0.6 is 27.7 Å². The fourth-order valence-corrected chi connectivity index (χ4v) is 2.34. The zero-order valence-electron chi connectivity index (χ0n) is 9.51. The van der Waals surface area contributed by atoms with Gasteiger partial charge in [-0.3, -0.25) is 4.79 Å². The lowest BCUT2D eigenvalue weighted by Gasteiger charge is -2.03. The molecule has 5 nitrogen and oxygen atoms in total. The predicted molar refractivity (Wildman–Crippen MR) is 76.3 cm³/mol. The average Bonchev–Trinajstić information content (AvgIpc) is 2.75. The van der Waals surface area contributed by atoms with Crippen LogP contribution in [-0.4, -0.2) is 30.2 Å². The summed E-state index contributed by atoms with van der Waals surface area (Å²) < 4.78 is 6.14. The van der Waals surface area contributed by atoms with Crippen molar-refractivity contribution in [3.05, 3.63) is 28.2 Å². The molecule has 2 rings (SSSR count). The van der Waals surface area contributed by atoms with Gasteiger partial charge >= 0.3 is 0 Å². The van der Waals surface area contributed by atoms with Crippen LogP contribution in [0.25, 0.3) is 0 Å². The van der Waals surface area contributed by atoms with Crippen LogP contribution in [0.2, 0.25) is 0 Å². The third kappa shape index (κ3) is 3.33. The molecule has 1 aliphatic heterocycles. The number of hydrogen-bond donors (Lipinski definition) is 1. The number of amidine groups is 1. The van der Waals surface area contributed by atoms with Crippen molar-refractivity contribution < 1.29 is 9.53 Å². The number of hydrogen-bond acceptors (Lipinski definition) is 5. The molecule has 0 unspecified atom stereocenters. The van der Waals surface area contributed by atoms with Gasteiger partial charge in [0, 0.05) is 10.0 Å². The summed E-state index contributed by atoms with van der Waals surface area (Å²) in [6.45, 7) is 0. The number of benzene rings is 1. The third-order valence-electron chi connectivity index (χ3n) is 2.12. The molecule has 0 aromatic heterocycles. The largest absolute Gasteiger partial charge is 0.496 e. The Hall–Kier alpha value is -1.34. The van der Waals surface area contributed by atoms with Crippen LogP contribution in [0.4, 0.5) is 0 Å². The molecule has 0 atom stereocenters. The highest BCUT2D eigenvalue weighted by atomic mass is 79.9. The number of ether oxygens (including phenoxy) is 1. The van der Waals surface area contributed by atoms with Crippen molar-refractivity contribution in [3.63, 3.8) is 0 Å². The molecule has 0 aliphatic carbocycles. The monoisotopic (exact) mass is 327 g/mol. The summed E-state index contributed by atoms with van der Waals surface area (Å²) in [5.41, 5.74) is 0.811. The Morgan fingerprint density at radius 2 is 2.39 bits per heavy atom. The number of nitrogens with zero attached hydrogens (tertiary/aromatic N) is 2. The zero-order chi connectivity index (χ0) is 13.0. The first-order valence-corrected chi connectivity index (χ1v) is 6.84. The first kappa shape index (κ1) is 13.1. The van der Waals surface area contributed by atoms with Crippen molar-refractivity contribution in [2.75, 3.05) is 12.9 Å². The first-order valence-electron chi connectivity index (χ1n) is 5.06. The number of amides is 1. The molecule has 1 aliphatic rings. The van der Waals surface area contributed by atoms with Gasteiger partial charge < -0.3 is 10.1 Å². The van der Waals surface area contributed by atoms with Crippen LogP contribution in [0.5, 0.6) is 5.75 Å². The summed E-state index contributed by atoms with van der Waals surface area (Å²) in [4.78, 5) is 10.9. The first-order chi connectivity index (χ1) is 8.69. The second-order valence-corrected chi connectivity index (χ2v) is 5.25. The average molecular weight is 328 g/mol. The predicted octanol–water partition coefficient (Wildman–Crippen LogP) is 2.01. The Labute approximate surface area is 117 Å². The van der Waals surface area contributed by atoms with E-state index in [2.05, 4.69) is 31.4 Å². The summed E-state index contributed by atoms with van der Waals surface area (Å²) in [5, 5.41) is 11.0. The van der Waals surface area contributed by atoms with Gasteiger partial charge in [0.05, 0.1) is 19.1 Å². The second-order valence-electron chi connectivity index (χ2n) is 3.37. The zero-order valence-corrected chi connectivity index (χ0v) is 11.9. The SMILES string of the molecule is COc1ccc(Br)cc1C=NN=C1NC(=O)CS1. The van der Waals surface area contributed by atoms with E-state index in [0.717, 1.165) is 10.0 Å². The van der Waals surface area contributed by atoms with E-state index >= 15 is 0 Å². The van der Waals surface area contributed by atoms with Crippen molar-refractivity contribution in [1.29, 1.82) is 0 Å². The van der Waals surface area contributed by atoms with E-state index in [1.54, 1.807) is 13.3 Å². The smallest absolute Gasteiger partial charge is 0.236 e. The summed E-state index contributed by atoms with van der Waals surface area (Å²) in [5.74, 6) is 1.06. The molecule has 1 N–H and O–H groups in total. The molecule has 94 valence electrons. The number of thioether (sulfide) groups is 1. The minimum atomic E-state index is -0.0472. The maximum absolute atomic E-state index is 10.9. The fraction of sp³-hybridized carbons (Fsp3) is 0.182. The highest BCUT2D eigenvalue weighted by molar-refractivity contribution is 9.10. The molecular formula is C11H10BrN3O2S. The van der Waals surface area contributed by atoms with Gasteiger partial charge in [-0.1, -0.05) is 27.7 Å². The van der Waals surface area contributed by atoms with Gasteiger partial charge in [0.1, 0.15) is 5.75 Å². The molecule has 1 amide bonds. The number of rotatable bonds is 3. The normalized spacial score (nSPS) is 17.4. The van der Waals surface area contributed by atoms with E-state index < -0.39 is 0 Å². The Balaban J connectivity index is 2.13. The lowest BCUT2D eigenvalue weighted by molar-refractivity contribution is -0.116. The molecule has 1 saturated heterocycles. The van der Waals surface area contributed by atoms with Crippen molar-refractivity contribution in [3.8, 4) is 5.75 Å². The number of halogens is 1. The molecule has 0 saturated carbocycles. The third-order valence-corrected chi connectivity index (χ3v) is 3.48. The van der Waals surface area contributed by atoms with Gasteiger partial charge in [0.25, 0.3) is 0 Å². The van der Waals surface area contributed by atoms with Gasteiger partial charge in [-0.25, -0.2) is 0 Å². The minimum Gasteiger partial charge on any atom is -0.496 e. The highest BCUT2D eigenvalue weighted by Crippen LogP contribution is 2.21. The van der Waals surface area contributed by atoms with Crippen LogP contribution in [0, 0.1) is 0 Å². The minimum absolute atomic E-state index is 0.0472. The highest BCUT2D eigenvalue weighted by Gasteiger charge is 2.15. The maximum atomic E-state index is 10.9. The van der Waals surface area contributed by atoms with E-state index in [1.807, 2.05) is 18.2 Å². The Morgan fingerprint density at radius 1 is 1.56 bits per heavy atom. The van der Waals surface area contributed by atoms with Crippen molar-refractivity contribution >= 4 is 45.0 Å². The quantitative estimate of drug-likeness (QED) is 0.682. The molecule has 1 heterocycles. The van der Waals surface area contributed by atoms with Gasteiger partial charge in [-0.2, -0.15) is 5.10 Å². The summed E-state index contributed by atoms with van der Waals surface area (Å²) >= 11 is 4.71. The summed E-state index contributed by atoms with van der Waals surface area (Å²) in [6, 6.07) is 5.60. The van der Waals surface area contributed by atoms with Crippen LogP contribution in [0.1, 0.15) is 5.56 Å². The van der Waals surface area contributed by atoms with Gasteiger partial charge in [0.15, 0.2) is 5.17 Å². The summed E-state index contributed by atoms with van der Waals surface area (Å²) in [7, 11) is 1.60. The summed E-state index contributed by atoms with van der Waals surface area (Å²) in [6.07, 6.45) is 1.58. The van der Waals surface area contributed by atoms with Gasteiger partial charge in [-0.15, -0.1) is 5.10 Å². The molecule has 7 heteroatoms. The maximum Gasteiger partial charge on any atom is 0.236 e. The number of carbonyl (C=O) groups is 1. The topological polar surface area (TPSA) is 63.1 Å². The molecule has 1 aromatic rings. The van der Waals surface area contributed by atoms with Crippen LogP contribution in [0.3, 0.4) is 0 Å².